The summed E-state index contributed by atoms with van der Waals surface area (Å²) in [7, 11) is 0. The zero-order valence-electron chi connectivity index (χ0n) is 16.8. The molecular formula is C22H25N5O2S. The fourth-order valence-electron chi connectivity index (χ4n) is 4.32. The summed E-state index contributed by atoms with van der Waals surface area (Å²) in [6, 6.07) is 7.84. The van der Waals surface area contributed by atoms with Gasteiger partial charge >= 0.3 is 0 Å². The Bertz CT molecular complexity index is 1010. The highest BCUT2D eigenvalue weighted by atomic mass is 32.2. The van der Waals surface area contributed by atoms with Crippen LogP contribution in [0.15, 0.2) is 40.2 Å². The molecule has 3 heterocycles. The SMILES string of the molecule is O=C(CSc1nc2ccccc2o1)NC1CCN(c2ncnc3c2CCCC3)CC1. The summed E-state index contributed by atoms with van der Waals surface area (Å²) in [5.41, 5.74) is 4.12. The summed E-state index contributed by atoms with van der Waals surface area (Å²) >= 11 is 1.34. The van der Waals surface area contributed by atoms with Crippen LogP contribution in [-0.2, 0) is 17.6 Å². The second-order valence-corrected chi connectivity index (χ2v) is 8.82. The van der Waals surface area contributed by atoms with Gasteiger partial charge in [0.15, 0.2) is 5.58 Å². The van der Waals surface area contributed by atoms with Gasteiger partial charge in [-0.2, -0.15) is 0 Å². The maximum absolute atomic E-state index is 12.4. The molecule has 0 radical (unpaired) electrons. The highest BCUT2D eigenvalue weighted by molar-refractivity contribution is 7.99. The number of nitrogens with zero attached hydrogens (tertiary/aromatic N) is 4. The van der Waals surface area contributed by atoms with E-state index in [0.29, 0.717) is 11.0 Å². The third kappa shape index (κ3) is 4.14. The molecule has 0 saturated carbocycles. The molecular weight excluding hydrogens is 398 g/mol. The number of thioether (sulfide) groups is 1. The van der Waals surface area contributed by atoms with E-state index in [1.165, 1.54) is 35.9 Å². The zero-order chi connectivity index (χ0) is 20.3. The second-order valence-electron chi connectivity index (χ2n) is 7.89. The van der Waals surface area contributed by atoms with Gasteiger partial charge in [-0.15, -0.1) is 0 Å². The van der Waals surface area contributed by atoms with Crippen molar-refractivity contribution in [2.45, 2.75) is 49.8 Å². The number of rotatable bonds is 5. The number of oxazole rings is 1. The van der Waals surface area contributed by atoms with E-state index in [-0.39, 0.29) is 11.9 Å². The molecule has 7 nitrogen and oxygen atoms in total. The molecule has 0 atom stereocenters. The summed E-state index contributed by atoms with van der Waals surface area (Å²) in [6.07, 6.45) is 8.15. The molecule has 1 amide bonds. The maximum Gasteiger partial charge on any atom is 0.257 e. The summed E-state index contributed by atoms with van der Waals surface area (Å²) in [5.74, 6) is 1.45. The molecule has 0 bridgehead atoms. The molecule has 3 aromatic rings. The van der Waals surface area contributed by atoms with Gasteiger partial charge in [0, 0.05) is 30.4 Å². The molecule has 156 valence electrons. The van der Waals surface area contributed by atoms with E-state index in [1.807, 2.05) is 24.3 Å². The van der Waals surface area contributed by atoms with Crippen LogP contribution in [0.3, 0.4) is 0 Å². The van der Waals surface area contributed by atoms with Crippen LogP contribution < -0.4 is 10.2 Å². The number of amides is 1. The van der Waals surface area contributed by atoms with Gasteiger partial charge in [-0.1, -0.05) is 23.9 Å². The van der Waals surface area contributed by atoms with Gasteiger partial charge in [-0.05, 0) is 50.7 Å². The Morgan fingerprint density at radius 1 is 1.17 bits per heavy atom. The van der Waals surface area contributed by atoms with Gasteiger partial charge in [-0.25, -0.2) is 15.0 Å². The molecule has 1 fully saturated rings. The van der Waals surface area contributed by atoms with E-state index >= 15 is 0 Å². The number of aromatic nitrogens is 3. The lowest BCUT2D eigenvalue weighted by molar-refractivity contribution is -0.119. The van der Waals surface area contributed by atoms with Crippen LogP contribution >= 0.6 is 11.8 Å². The standard InChI is InChI=1S/C22H25N5O2S/c28-20(13-30-22-26-18-7-3-4-8-19(18)29-22)25-15-9-11-27(12-10-15)21-16-5-1-2-6-17(16)23-14-24-21/h3-4,7-8,14-15H,1-2,5-6,9-13H2,(H,25,28). The average molecular weight is 424 g/mol. The lowest BCUT2D eigenvalue weighted by Gasteiger charge is -2.35. The molecule has 2 aromatic heterocycles. The lowest BCUT2D eigenvalue weighted by atomic mass is 9.95. The van der Waals surface area contributed by atoms with Crippen LogP contribution in [0.1, 0.15) is 36.9 Å². The number of anilines is 1. The van der Waals surface area contributed by atoms with Gasteiger partial charge in [0.25, 0.3) is 5.22 Å². The van der Waals surface area contributed by atoms with Crippen molar-refractivity contribution in [3.8, 4) is 0 Å². The minimum absolute atomic E-state index is 0.0279. The largest absolute Gasteiger partial charge is 0.431 e. The lowest BCUT2D eigenvalue weighted by Crippen LogP contribution is -2.45. The number of piperidine rings is 1. The van der Waals surface area contributed by atoms with Crippen molar-refractivity contribution < 1.29 is 9.21 Å². The van der Waals surface area contributed by atoms with Gasteiger partial charge in [-0.3, -0.25) is 4.79 Å². The first-order valence-electron chi connectivity index (χ1n) is 10.6. The van der Waals surface area contributed by atoms with Crippen LogP contribution in [0.2, 0.25) is 0 Å². The minimum atomic E-state index is 0.0279. The van der Waals surface area contributed by atoms with Crippen LogP contribution in [0.4, 0.5) is 5.82 Å². The third-order valence-corrected chi connectivity index (χ3v) is 6.69. The van der Waals surface area contributed by atoms with Gasteiger partial charge in [0.05, 0.1) is 5.75 Å². The van der Waals surface area contributed by atoms with E-state index < -0.39 is 0 Å². The third-order valence-electron chi connectivity index (χ3n) is 5.86. The number of hydrogen-bond acceptors (Lipinski definition) is 7. The number of aryl methyl sites for hydroxylation is 1. The van der Waals surface area contributed by atoms with Crippen LogP contribution in [0.25, 0.3) is 11.1 Å². The fraction of sp³-hybridized carbons (Fsp3) is 0.455. The molecule has 5 rings (SSSR count). The fourth-order valence-corrected chi connectivity index (χ4v) is 4.97. The number of fused-ring (bicyclic) bond motifs is 2. The van der Waals surface area contributed by atoms with E-state index in [9.17, 15) is 4.79 Å². The van der Waals surface area contributed by atoms with Gasteiger partial charge in [0.2, 0.25) is 5.91 Å². The number of para-hydroxylation sites is 2. The normalized spacial score (nSPS) is 17.1. The predicted molar refractivity (Wildman–Crippen MR) is 117 cm³/mol. The maximum atomic E-state index is 12.4. The predicted octanol–water partition coefficient (Wildman–Crippen LogP) is 3.37. The molecule has 2 aliphatic rings. The Morgan fingerprint density at radius 3 is 2.87 bits per heavy atom. The monoisotopic (exact) mass is 423 g/mol. The molecule has 1 saturated heterocycles. The molecule has 0 unspecified atom stereocenters. The van der Waals surface area contributed by atoms with Crippen molar-refractivity contribution in [1.29, 1.82) is 0 Å². The van der Waals surface area contributed by atoms with Crippen molar-refractivity contribution in [3.63, 3.8) is 0 Å². The highest BCUT2D eigenvalue weighted by Gasteiger charge is 2.25. The van der Waals surface area contributed by atoms with E-state index in [1.54, 1.807) is 6.33 Å². The molecule has 1 aromatic carbocycles. The number of carbonyl (C=O) groups is 1. The van der Waals surface area contributed by atoms with Crippen molar-refractivity contribution in [3.05, 3.63) is 41.9 Å². The molecule has 1 aliphatic carbocycles. The van der Waals surface area contributed by atoms with E-state index in [2.05, 4.69) is 25.2 Å². The topological polar surface area (TPSA) is 84.2 Å². The Kier molecular flexibility index (Phi) is 5.57. The Hall–Kier alpha value is -2.61. The number of benzene rings is 1. The Balaban J connectivity index is 1.12. The first-order chi connectivity index (χ1) is 14.8. The number of nitrogens with one attached hydrogen (secondary N) is 1. The average Bonchev–Trinajstić information content (AvgIpc) is 3.21. The second kappa shape index (κ2) is 8.63. The Morgan fingerprint density at radius 2 is 2.00 bits per heavy atom. The molecule has 30 heavy (non-hydrogen) atoms. The van der Waals surface area contributed by atoms with E-state index in [4.69, 9.17) is 4.42 Å². The number of carbonyl (C=O) groups excluding carboxylic acids is 1. The first-order valence-corrected chi connectivity index (χ1v) is 11.6. The van der Waals surface area contributed by atoms with Crippen molar-refractivity contribution in [2.24, 2.45) is 0 Å². The summed E-state index contributed by atoms with van der Waals surface area (Å²) in [6.45, 7) is 1.82. The summed E-state index contributed by atoms with van der Waals surface area (Å²) < 4.78 is 5.67. The summed E-state index contributed by atoms with van der Waals surface area (Å²) in [5, 5.41) is 3.71. The van der Waals surface area contributed by atoms with Crippen molar-refractivity contribution in [1.82, 2.24) is 20.3 Å². The van der Waals surface area contributed by atoms with Crippen LogP contribution in [0.5, 0.6) is 0 Å². The molecule has 1 aliphatic heterocycles. The van der Waals surface area contributed by atoms with Crippen LogP contribution in [0, 0.1) is 0 Å². The quantitative estimate of drug-likeness (QED) is 0.630. The van der Waals surface area contributed by atoms with Crippen LogP contribution in [-0.4, -0.2) is 45.7 Å². The van der Waals surface area contributed by atoms with Gasteiger partial charge in [0.1, 0.15) is 17.7 Å². The minimum Gasteiger partial charge on any atom is -0.431 e. The first kappa shape index (κ1) is 19.4. The summed E-state index contributed by atoms with van der Waals surface area (Å²) in [4.78, 5) is 28.2. The van der Waals surface area contributed by atoms with Crippen molar-refractivity contribution in [2.75, 3.05) is 23.7 Å². The smallest absolute Gasteiger partial charge is 0.257 e. The Labute approximate surface area is 179 Å². The molecule has 0 spiro atoms. The highest BCUT2D eigenvalue weighted by Crippen LogP contribution is 2.29. The molecule has 1 N–H and O–H groups in total. The van der Waals surface area contributed by atoms with Crippen molar-refractivity contribution >= 4 is 34.6 Å². The van der Waals surface area contributed by atoms with Gasteiger partial charge < -0.3 is 14.6 Å². The molecule has 8 heteroatoms. The zero-order valence-corrected chi connectivity index (χ0v) is 17.7. The number of hydrogen-bond donors (Lipinski definition) is 1. The van der Waals surface area contributed by atoms with E-state index in [0.717, 1.165) is 55.7 Å².